The fraction of sp³-hybridized carbons (Fsp3) is 0.611. The molecule has 1 aromatic carbocycles. The third-order valence-corrected chi connectivity index (χ3v) is 4.82. The maximum Gasteiger partial charge on any atom is 0.223 e. The van der Waals surface area contributed by atoms with Crippen molar-refractivity contribution in [2.75, 3.05) is 13.1 Å². The van der Waals surface area contributed by atoms with E-state index in [1.807, 2.05) is 6.07 Å². The molecule has 1 aromatic rings. The van der Waals surface area contributed by atoms with Crippen molar-refractivity contribution in [2.45, 2.75) is 51.5 Å². The van der Waals surface area contributed by atoms with Crippen molar-refractivity contribution >= 4 is 5.91 Å². The first-order valence-corrected chi connectivity index (χ1v) is 8.12. The molecule has 1 atom stereocenters. The molecule has 2 N–H and O–H groups in total. The average Bonchev–Trinajstić information content (AvgIpc) is 2.53. The summed E-state index contributed by atoms with van der Waals surface area (Å²) in [5.74, 6) is 0.402. The van der Waals surface area contributed by atoms with Crippen LogP contribution in [0.3, 0.4) is 0 Å². The molecule has 0 saturated carbocycles. The van der Waals surface area contributed by atoms with Crippen LogP contribution in [0.5, 0.6) is 0 Å². The minimum atomic E-state index is -0.0570. The SMILES string of the molecule is CCC(NC(=O)C1CCNCC1)C(C)(C)c1ccccc1. The molecule has 0 spiro atoms. The van der Waals surface area contributed by atoms with Crippen molar-refractivity contribution in [3.8, 4) is 0 Å². The summed E-state index contributed by atoms with van der Waals surface area (Å²) in [6, 6.07) is 10.6. The molecule has 3 nitrogen and oxygen atoms in total. The molecule has 0 aliphatic carbocycles. The maximum atomic E-state index is 12.5. The zero-order valence-corrected chi connectivity index (χ0v) is 13.5. The van der Waals surface area contributed by atoms with Crippen LogP contribution in [0.4, 0.5) is 0 Å². The summed E-state index contributed by atoms with van der Waals surface area (Å²) in [5.41, 5.74) is 1.22. The number of piperidine rings is 1. The predicted octanol–water partition coefficient (Wildman–Crippen LogP) is 2.86. The zero-order chi connectivity index (χ0) is 15.3. The van der Waals surface area contributed by atoms with E-state index < -0.39 is 0 Å². The van der Waals surface area contributed by atoms with Gasteiger partial charge in [0.2, 0.25) is 5.91 Å². The summed E-state index contributed by atoms with van der Waals surface area (Å²) in [5, 5.41) is 6.62. The second-order valence-electron chi connectivity index (χ2n) is 6.58. The van der Waals surface area contributed by atoms with Crippen LogP contribution >= 0.6 is 0 Å². The van der Waals surface area contributed by atoms with Gasteiger partial charge in [0, 0.05) is 17.4 Å². The fourth-order valence-electron chi connectivity index (χ4n) is 3.24. The van der Waals surface area contributed by atoms with Crippen molar-refractivity contribution in [3.05, 3.63) is 35.9 Å². The minimum Gasteiger partial charge on any atom is -0.352 e. The van der Waals surface area contributed by atoms with Crippen LogP contribution in [-0.4, -0.2) is 25.0 Å². The Balaban J connectivity index is 2.06. The first-order chi connectivity index (χ1) is 10.1. The fourth-order valence-corrected chi connectivity index (χ4v) is 3.24. The number of rotatable bonds is 5. The molecule has 1 aliphatic rings. The highest BCUT2D eigenvalue weighted by Gasteiger charge is 2.33. The van der Waals surface area contributed by atoms with E-state index in [1.54, 1.807) is 0 Å². The van der Waals surface area contributed by atoms with Crippen LogP contribution in [0, 0.1) is 5.92 Å². The smallest absolute Gasteiger partial charge is 0.223 e. The number of amides is 1. The van der Waals surface area contributed by atoms with Gasteiger partial charge < -0.3 is 10.6 Å². The first-order valence-electron chi connectivity index (χ1n) is 8.12. The molecule has 0 bridgehead atoms. The van der Waals surface area contributed by atoms with Gasteiger partial charge in [0.15, 0.2) is 0 Å². The largest absolute Gasteiger partial charge is 0.352 e. The van der Waals surface area contributed by atoms with E-state index in [-0.39, 0.29) is 23.3 Å². The summed E-state index contributed by atoms with van der Waals surface area (Å²) < 4.78 is 0. The Morgan fingerprint density at radius 3 is 2.48 bits per heavy atom. The Morgan fingerprint density at radius 2 is 1.90 bits per heavy atom. The van der Waals surface area contributed by atoms with E-state index in [1.165, 1.54) is 5.56 Å². The Kier molecular flexibility index (Phi) is 5.40. The van der Waals surface area contributed by atoms with Crippen LogP contribution < -0.4 is 10.6 Å². The molecular formula is C18H28N2O. The van der Waals surface area contributed by atoms with E-state index in [0.717, 1.165) is 32.4 Å². The van der Waals surface area contributed by atoms with Crippen LogP contribution in [0.15, 0.2) is 30.3 Å². The molecule has 21 heavy (non-hydrogen) atoms. The molecule has 1 heterocycles. The van der Waals surface area contributed by atoms with Gasteiger partial charge in [0.05, 0.1) is 0 Å². The van der Waals surface area contributed by atoms with E-state index >= 15 is 0 Å². The number of hydrogen-bond acceptors (Lipinski definition) is 2. The van der Waals surface area contributed by atoms with E-state index in [4.69, 9.17) is 0 Å². The topological polar surface area (TPSA) is 41.1 Å². The summed E-state index contributed by atoms with van der Waals surface area (Å²) in [6.45, 7) is 8.50. The van der Waals surface area contributed by atoms with Crippen molar-refractivity contribution in [3.63, 3.8) is 0 Å². The normalized spacial score (nSPS) is 18.2. The van der Waals surface area contributed by atoms with E-state index in [0.29, 0.717) is 0 Å². The monoisotopic (exact) mass is 288 g/mol. The molecule has 2 rings (SSSR count). The third kappa shape index (κ3) is 3.85. The Bertz CT molecular complexity index is 450. The predicted molar refractivity (Wildman–Crippen MR) is 87.3 cm³/mol. The number of carbonyl (C=O) groups is 1. The van der Waals surface area contributed by atoms with Gasteiger partial charge in [0.1, 0.15) is 0 Å². The van der Waals surface area contributed by atoms with Crippen molar-refractivity contribution in [2.24, 2.45) is 5.92 Å². The standard InChI is InChI=1S/C18H28N2O/c1-4-16(18(2,3)15-8-6-5-7-9-15)20-17(21)14-10-12-19-13-11-14/h5-9,14,16,19H,4,10-13H2,1-3H3,(H,20,21). The highest BCUT2D eigenvalue weighted by atomic mass is 16.1. The number of hydrogen-bond donors (Lipinski definition) is 2. The van der Waals surface area contributed by atoms with Gasteiger partial charge in [-0.25, -0.2) is 0 Å². The molecule has 0 aromatic heterocycles. The first kappa shape index (κ1) is 16.0. The molecular weight excluding hydrogens is 260 g/mol. The number of carbonyl (C=O) groups excluding carboxylic acids is 1. The molecule has 1 saturated heterocycles. The van der Waals surface area contributed by atoms with Crippen LogP contribution in [0.1, 0.15) is 45.6 Å². The van der Waals surface area contributed by atoms with E-state index in [9.17, 15) is 4.79 Å². The number of nitrogens with one attached hydrogen (secondary N) is 2. The summed E-state index contributed by atoms with van der Waals surface area (Å²) in [7, 11) is 0. The highest BCUT2D eigenvalue weighted by Crippen LogP contribution is 2.29. The average molecular weight is 288 g/mol. The van der Waals surface area contributed by atoms with Gasteiger partial charge in [-0.1, -0.05) is 51.1 Å². The molecule has 116 valence electrons. The van der Waals surface area contributed by atoms with Gasteiger partial charge >= 0.3 is 0 Å². The van der Waals surface area contributed by atoms with Gasteiger partial charge in [-0.2, -0.15) is 0 Å². The van der Waals surface area contributed by atoms with Crippen LogP contribution in [-0.2, 0) is 10.2 Å². The molecule has 1 fully saturated rings. The lowest BCUT2D eigenvalue weighted by Gasteiger charge is -2.36. The lowest BCUT2D eigenvalue weighted by molar-refractivity contribution is -0.127. The lowest BCUT2D eigenvalue weighted by atomic mass is 9.76. The molecule has 0 radical (unpaired) electrons. The summed E-state index contributed by atoms with van der Waals surface area (Å²) in [6.07, 6.45) is 2.85. The summed E-state index contributed by atoms with van der Waals surface area (Å²) in [4.78, 5) is 12.5. The lowest BCUT2D eigenvalue weighted by Crippen LogP contribution is -2.50. The van der Waals surface area contributed by atoms with Gasteiger partial charge in [-0.3, -0.25) is 4.79 Å². The zero-order valence-electron chi connectivity index (χ0n) is 13.5. The molecule has 1 amide bonds. The third-order valence-electron chi connectivity index (χ3n) is 4.82. The minimum absolute atomic E-state index is 0.0570. The molecule has 3 heteroatoms. The molecule has 1 unspecified atom stereocenters. The second-order valence-corrected chi connectivity index (χ2v) is 6.58. The summed E-state index contributed by atoms with van der Waals surface area (Å²) >= 11 is 0. The quantitative estimate of drug-likeness (QED) is 0.875. The van der Waals surface area contributed by atoms with Crippen LogP contribution in [0.2, 0.25) is 0 Å². The molecule has 1 aliphatic heterocycles. The Labute approximate surface area is 128 Å². The highest BCUT2D eigenvalue weighted by molar-refractivity contribution is 5.79. The number of benzene rings is 1. The maximum absolute atomic E-state index is 12.5. The van der Waals surface area contributed by atoms with Gasteiger partial charge in [-0.15, -0.1) is 0 Å². The van der Waals surface area contributed by atoms with E-state index in [2.05, 4.69) is 55.7 Å². The van der Waals surface area contributed by atoms with Gasteiger partial charge in [-0.05, 0) is 37.9 Å². The Hall–Kier alpha value is -1.35. The Morgan fingerprint density at radius 1 is 1.29 bits per heavy atom. The van der Waals surface area contributed by atoms with Crippen molar-refractivity contribution in [1.82, 2.24) is 10.6 Å². The van der Waals surface area contributed by atoms with Crippen molar-refractivity contribution in [1.29, 1.82) is 0 Å². The van der Waals surface area contributed by atoms with Gasteiger partial charge in [0.25, 0.3) is 0 Å². The second kappa shape index (κ2) is 7.08. The van der Waals surface area contributed by atoms with Crippen LogP contribution in [0.25, 0.3) is 0 Å². The van der Waals surface area contributed by atoms with Crippen molar-refractivity contribution < 1.29 is 4.79 Å².